The van der Waals surface area contributed by atoms with Gasteiger partial charge in [-0.3, -0.25) is 4.90 Å². The summed E-state index contributed by atoms with van der Waals surface area (Å²) in [4.78, 5) is 2.63. The molecule has 0 saturated heterocycles. The van der Waals surface area contributed by atoms with Gasteiger partial charge < -0.3 is 5.32 Å². The fourth-order valence-corrected chi connectivity index (χ4v) is 1.82. The Balaban J connectivity index is 3.65. The molecule has 98 valence electrons. The van der Waals surface area contributed by atoms with E-state index in [2.05, 4.69) is 37.9 Å². The smallest absolute Gasteiger partial charge is 0.0110 e. The lowest BCUT2D eigenvalue weighted by Crippen LogP contribution is -2.38. The van der Waals surface area contributed by atoms with Crippen molar-refractivity contribution >= 4 is 0 Å². The molecule has 16 heavy (non-hydrogen) atoms. The highest BCUT2D eigenvalue weighted by Gasteiger charge is 2.10. The van der Waals surface area contributed by atoms with Gasteiger partial charge in [-0.25, -0.2) is 0 Å². The van der Waals surface area contributed by atoms with Crippen molar-refractivity contribution in [1.82, 2.24) is 10.2 Å². The maximum absolute atomic E-state index is 3.53. The van der Waals surface area contributed by atoms with E-state index in [1.165, 1.54) is 51.7 Å². The zero-order valence-corrected chi connectivity index (χ0v) is 11.9. The Morgan fingerprint density at radius 3 is 2.19 bits per heavy atom. The molecule has 0 rings (SSSR count). The normalized spacial score (nSPS) is 13.3. The van der Waals surface area contributed by atoms with Crippen LogP contribution in [0.3, 0.4) is 0 Å². The summed E-state index contributed by atoms with van der Waals surface area (Å²) < 4.78 is 0. The summed E-state index contributed by atoms with van der Waals surface area (Å²) in [6, 6.07) is 0.736. The Kier molecular flexibility index (Phi) is 11.3. The Bertz CT molecular complexity index is 137. The number of hydrogen-bond donors (Lipinski definition) is 1. The van der Waals surface area contributed by atoms with Crippen molar-refractivity contribution in [2.24, 2.45) is 0 Å². The minimum atomic E-state index is 0.736. The largest absolute Gasteiger partial charge is 0.315 e. The third-order valence-electron chi connectivity index (χ3n) is 3.30. The molecule has 0 saturated carbocycles. The molecule has 0 amide bonds. The molecule has 1 unspecified atom stereocenters. The van der Waals surface area contributed by atoms with Gasteiger partial charge in [0.25, 0.3) is 0 Å². The highest BCUT2D eigenvalue weighted by atomic mass is 15.2. The summed E-state index contributed by atoms with van der Waals surface area (Å²) in [6.45, 7) is 13.9. The first-order chi connectivity index (χ1) is 7.76. The topological polar surface area (TPSA) is 15.3 Å². The molecule has 2 heteroatoms. The van der Waals surface area contributed by atoms with Gasteiger partial charge in [-0.1, -0.05) is 33.6 Å². The predicted octanol–water partition coefficient (Wildman–Crippen LogP) is 3.28. The number of nitrogens with one attached hydrogen (secondary N) is 1. The van der Waals surface area contributed by atoms with Crippen LogP contribution in [-0.2, 0) is 0 Å². The number of unbranched alkanes of at least 4 members (excludes halogenated alkanes) is 2. The van der Waals surface area contributed by atoms with E-state index in [4.69, 9.17) is 0 Å². The molecule has 0 bridgehead atoms. The van der Waals surface area contributed by atoms with Crippen LogP contribution in [0.15, 0.2) is 0 Å². The van der Waals surface area contributed by atoms with E-state index in [1.807, 2.05) is 0 Å². The van der Waals surface area contributed by atoms with Crippen molar-refractivity contribution in [3.8, 4) is 0 Å². The Labute approximate surface area is 103 Å². The lowest BCUT2D eigenvalue weighted by Gasteiger charge is -2.28. The average molecular weight is 228 g/mol. The van der Waals surface area contributed by atoms with E-state index in [1.54, 1.807) is 0 Å². The zero-order chi connectivity index (χ0) is 12.2. The number of nitrogens with zero attached hydrogens (tertiary/aromatic N) is 1. The molecule has 0 aliphatic carbocycles. The molecular weight excluding hydrogens is 196 g/mol. The maximum Gasteiger partial charge on any atom is 0.0110 e. The molecule has 0 aliphatic rings. The molecule has 2 nitrogen and oxygen atoms in total. The summed E-state index contributed by atoms with van der Waals surface area (Å²) in [6.07, 6.45) is 6.49. The molecule has 0 spiro atoms. The second-order valence-electron chi connectivity index (χ2n) is 4.75. The summed E-state index contributed by atoms with van der Waals surface area (Å²) in [7, 11) is 0. The molecule has 0 fully saturated rings. The molecule has 0 aromatic rings. The summed E-state index contributed by atoms with van der Waals surface area (Å²) in [5, 5.41) is 3.53. The highest BCUT2D eigenvalue weighted by molar-refractivity contribution is 4.66. The minimum absolute atomic E-state index is 0.736. The first kappa shape index (κ1) is 15.9. The first-order valence-electron chi connectivity index (χ1n) is 7.20. The predicted molar refractivity (Wildman–Crippen MR) is 74.0 cm³/mol. The van der Waals surface area contributed by atoms with Gasteiger partial charge in [-0.2, -0.15) is 0 Å². The van der Waals surface area contributed by atoms with Crippen LogP contribution in [0.5, 0.6) is 0 Å². The summed E-state index contributed by atoms with van der Waals surface area (Å²) in [5.74, 6) is 0. The van der Waals surface area contributed by atoms with E-state index < -0.39 is 0 Å². The van der Waals surface area contributed by atoms with Crippen LogP contribution in [0.1, 0.15) is 59.8 Å². The summed E-state index contributed by atoms with van der Waals surface area (Å²) in [5.41, 5.74) is 0. The van der Waals surface area contributed by atoms with E-state index >= 15 is 0 Å². The van der Waals surface area contributed by atoms with Gasteiger partial charge in [0.05, 0.1) is 0 Å². The molecule has 0 radical (unpaired) electrons. The van der Waals surface area contributed by atoms with Gasteiger partial charge in [0.1, 0.15) is 0 Å². The van der Waals surface area contributed by atoms with E-state index in [0.717, 1.165) is 12.6 Å². The third-order valence-corrected chi connectivity index (χ3v) is 3.30. The quantitative estimate of drug-likeness (QED) is 0.546. The molecule has 0 aromatic heterocycles. The van der Waals surface area contributed by atoms with Crippen LogP contribution in [0.2, 0.25) is 0 Å². The fourth-order valence-electron chi connectivity index (χ4n) is 1.82. The monoisotopic (exact) mass is 228 g/mol. The van der Waals surface area contributed by atoms with Crippen molar-refractivity contribution in [1.29, 1.82) is 0 Å². The van der Waals surface area contributed by atoms with Crippen molar-refractivity contribution in [2.45, 2.75) is 65.8 Å². The molecule has 0 aliphatic heterocycles. The van der Waals surface area contributed by atoms with E-state index in [-0.39, 0.29) is 0 Å². The zero-order valence-electron chi connectivity index (χ0n) is 11.9. The minimum Gasteiger partial charge on any atom is -0.315 e. The van der Waals surface area contributed by atoms with Crippen molar-refractivity contribution in [3.63, 3.8) is 0 Å². The van der Waals surface area contributed by atoms with Crippen LogP contribution in [-0.4, -0.2) is 37.1 Å². The Morgan fingerprint density at radius 2 is 1.62 bits per heavy atom. The number of rotatable bonds is 11. The van der Waals surface area contributed by atoms with Gasteiger partial charge in [0, 0.05) is 19.1 Å². The first-order valence-corrected chi connectivity index (χ1v) is 7.20. The van der Waals surface area contributed by atoms with Crippen LogP contribution < -0.4 is 5.32 Å². The third kappa shape index (κ3) is 8.12. The SMILES string of the molecule is CCCCNCCN(CCCC)C(C)CC. The second kappa shape index (κ2) is 11.4. The van der Waals surface area contributed by atoms with Crippen LogP contribution >= 0.6 is 0 Å². The van der Waals surface area contributed by atoms with Crippen molar-refractivity contribution in [2.75, 3.05) is 26.2 Å². The maximum atomic E-state index is 3.53. The average Bonchev–Trinajstić information content (AvgIpc) is 2.31. The van der Waals surface area contributed by atoms with Crippen molar-refractivity contribution in [3.05, 3.63) is 0 Å². The second-order valence-corrected chi connectivity index (χ2v) is 4.75. The molecule has 0 aromatic carbocycles. The molecule has 1 atom stereocenters. The Morgan fingerprint density at radius 1 is 0.938 bits per heavy atom. The molecular formula is C14H32N2. The van der Waals surface area contributed by atoms with Crippen molar-refractivity contribution < 1.29 is 0 Å². The van der Waals surface area contributed by atoms with E-state index in [9.17, 15) is 0 Å². The lowest BCUT2D eigenvalue weighted by molar-refractivity contribution is 0.201. The van der Waals surface area contributed by atoms with Crippen LogP contribution in [0.25, 0.3) is 0 Å². The van der Waals surface area contributed by atoms with Gasteiger partial charge in [-0.15, -0.1) is 0 Å². The van der Waals surface area contributed by atoms with Crippen LogP contribution in [0.4, 0.5) is 0 Å². The number of hydrogen-bond acceptors (Lipinski definition) is 2. The molecule has 0 heterocycles. The van der Waals surface area contributed by atoms with Gasteiger partial charge in [0.15, 0.2) is 0 Å². The molecule has 1 N–H and O–H groups in total. The van der Waals surface area contributed by atoms with E-state index in [0.29, 0.717) is 0 Å². The highest BCUT2D eigenvalue weighted by Crippen LogP contribution is 2.04. The Hall–Kier alpha value is -0.0800. The lowest BCUT2D eigenvalue weighted by atomic mass is 10.2. The van der Waals surface area contributed by atoms with Gasteiger partial charge >= 0.3 is 0 Å². The van der Waals surface area contributed by atoms with Gasteiger partial charge in [0.2, 0.25) is 0 Å². The fraction of sp³-hybridized carbons (Fsp3) is 1.00. The van der Waals surface area contributed by atoms with Gasteiger partial charge in [-0.05, 0) is 39.3 Å². The van der Waals surface area contributed by atoms with Crippen LogP contribution in [0, 0.1) is 0 Å². The summed E-state index contributed by atoms with van der Waals surface area (Å²) >= 11 is 0. The standard InChI is InChI=1S/C14H32N2/c1-5-8-10-15-11-13-16(12-9-6-2)14(4)7-3/h14-15H,5-13H2,1-4H3.